The molecule has 0 aromatic heterocycles. The van der Waals surface area contributed by atoms with Gasteiger partial charge in [-0.3, -0.25) is 4.99 Å². The lowest BCUT2D eigenvalue weighted by Crippen LogP contribution is -2.40. The first-order chi connectivity index (χ1) is 12.2. The summed E-state index contributed by atoms with van der Waals surface area (Å²) in [4.78, 5) is 7.18. The number of hydrogen-bond donors (Lipinski definition) is 1. The van der Waals surface area contributed by atoms with E-state index in [-0.39, 0.29) is 6.10 Å². The van der Waals surface area contributed by atoms with E-state index in [4.69, 9.17) is 9.73 Å². The van der Waals surface area contributed by atoms with Gasteiger partial charge in [-0.1, -0.05) is 43.2 Å². The number of guanidine groups is 1. The van der Waals surface area contributed by atoms with Crippen molar-refractivity contribution in [2.24, 2.45) is 10.9 Å². The number of ether oxygens (including phenoxy) is 1. The molecule has 4 nitrogen and oxygen atoms in total. The fourth-order valence-electron chi connectivity index (χ4n) is 3.33. The van der Waals surface area contributed by atoms with E-state index in [1.165, 1.54) is 30.4 Å². The summed E-state index contributed by atoms with van der Waals surface area (Å²) >= 11 is 0. The predicted molar refractivity (Wildman–Crippen MR) is 106 cm³/mol. The molecule has 2 rings (SSSR count). The Bertz CT molecular complexity index is 526. The molecule has 1 aliphatic heterocycles. The number of unbranched alkanes of at least 4 members (excludes halogenated alkanes) is 1. The van der Waals surface area contributed by atoms with E-state index in [1.54, 1.807) is 0 Å². The van der Waals surface area contributed by atoms with Crippen molar-refractivity contribution >= 4 is 5.96 Å². The minimum atomic E-state index is 0.168. The van der Waals surface area contributed by atoms with Gasteiger partial charge in [0.1, 0.15) is 0 Å². The third kappa shape index (κ3) is 6.03. The number of rotatable bonds is 7. The lowest BCUT2D eigenvalue weighted by Gasteiger charge is -2.32. The van der Waals surface area contributed by atoms with Gasteiger partial charge in [0.05, 0.1) is 6.10 Å². The summed E-state index contributed by atoms with van der Waals surface area (Å²) in [5.74, 6) is 1.47. The summed E-state index contributed by atoms with van der Waals surface area (Å²) in [7, 11) is 2.13. The molecular formula is C21H35N3O. The smallest absolute Gasteiger partial charge is 0.193 e. The summed E-state index contributed by atoms with van der Waals surface area (Å²) in [6.07, 6.45) is 4.88. The molecule has 0 bridgehead atoms. The highest BCUT2D eigenvalue weighted by molar-refractivity contribution is 5.79. The van der Waals surface area contributed by atoms with Crippen molar-refractivity contribution < 1.29 is 4.74 Å². The molecule has 1 N–H and O–H groups in total. The van der Waals surface area contributed by atoms with Crippen LogP contribution < -0.4 is 5.32 Å². The Balaban J connectivity index is 2.06. The Hall–Kier alpha value is -1.55. The van der Waals surface area contributed by atoms with Crippen LogP contribution in [0.3, 0.4) is 0 Å². The van der Waals surface area contributed by atoms with Gasteiger partial charge in [0.25, 0.3) is 0 Å². The fourth-order valence-corrected chi connectivity index (χ4v) is 3.33. The summed E-state index contributed by atoms with van der Waals surface area (Å²) in [5.41, 5.74) is 2.58. The van der Waals surface area contributed by atoms with Gasteiger partial charge in [-0.2, -0.15) is 0 Å². The molecule has 1 fully saturated rings. The minimum absolute atomic E-state index is 0.168. The van der Waals surface area contributed by atoms with Gasteiger partial charge >= 0.3 is 0 Å². The molecular weight excluding hydrogens is 310 g/mol. The van der Waals surface area contributed by atoms with E-state index in [2.05, 4.69) is 62.3 Å². The molecule has 25 heavy (non-hydrogen) atoms. The summed E-state index contributed by atoms with van der Waals surface area (Å²) in [6, 6.07) is 8.77. The van der Waals surface area contributed by atoms with Crippen molar-refractivity contribution in [1.82, 2.24) is 10.2 Å². The number of nitrogens with one attached hydrogen (secondary N) is 1. The molecule has 1 heterocycles. The minimum Gasteiger partial charge on any atom is -0.373 e. The third-order valence-electron chi connectivity index (χ3n) is 4.87. The van der Waals surface area contributed by atoms with Crippen LogP contribution in [0.25, 0.3) is 0 Å². The van der Waals surface area contributed by atoms with Gasteiger partial charge < -0.3 is 15.0 Å². The van der Waals surface area contributed by atoms with Crippen LogP contribution in [0.5, 0.6) is 0 Å². The lowest BCUT2D eigenvalue weighted by atomic mass is 9.89. The maximum absolute atomic E-state index is 6.13. The van der Waals surface area contributed by atoms with Crippen LogP contribution in [0.1, 0.15) is 56.8 Å². The topological polar surface area (TPSA) is 36.9 Å². The number of aliphatic imine (C=N–C) groups is 1. The largest absolute Gasteiger partial charge is 0.373 e. The van der Waals surface area contributed by atoms with Crippen LogP contribution in [0.15, 0.2) is 29.3 Å². The zero-order chi connectivity index (χ0) is 18.1. The predicted octanol–water partition coefficient (Wildman–Crippen LogP) is 4.16. The molecule has 1 aromatic rings. The molecule has 4 heteroatoms. The Morgan fingerprint density at radius 3 is 2.72 bits per heavy atom. The second kappa shape index (κ2) is 10.4. The molecule has 2 unspecified atom stereocenters. The van der Waals surface area contributed by atoms with Gasteiger partial charge in [-0.15, -0.1) is 0 Å². The molecule has 0 aliphatic carbocycles. The zero-order valence-corrected chi connectivity index (χ0v) is 16.4. The Morgan fingerprint density at radius 1 is 1.28 bits per heavy atom. The third-order valence-corrected chi connectivity index (χ3v) is 4.87. The van der Waals surface area contributed by atoms with Crippen molar-refractivity contribution in [2.75, 3.05) is 33.3 Å². The maximum Gasteiger partial charge on any atom is 0.193 e. The van der Waals surface area contributed by atoms with Gasteiger partial charge in [0.2, 0.25) is 0 Å². The van der Waals surface area contributed by atoms with Crippen LogP contribution in [0.2, 0.25) is 0 Å². The van der Waals surface area contributed by atoms with Crippen molar-refractivity contribution in [3.8, 4) is 0 Å². The van der Waals surface area contributed by atoms with Crippen LogP contribution in [-0.4, -0.2) is 44.1 Å². The highest BCUT2D eigenvalue weighted by Crippen LogP contribution is 2.34. The number of nitrogens with zero attached hydrogens (tertiary/aromatic N) is 2. The van der Waals surface area contributed by atoms with Crippen molar-refractivity contribution in [3.05, 3.63) is 35.4 Å². The van der Waals surface area contributed by atoms with Gasteiger partial charge in [-0.05, 0) is 38.7 Å². The van der Waals surface area contributed by atoms with E-state index in [9.17, 15) is 0 Å². The van der Waals surface area contributed by atoms with Crippen molar-refractivity contribution in [3.63, 3.8) is 0 Å². The van der Waals surface area contributed by atoms with E-state index < -0.39 is 0 Å². The van der Waals surface area contributed by atoms with E-state index in [0.29, 0.717) is 5.92 Å². The standard InChI is InChI=1S/C21H35N3O/c1-5-7-14-24(4)21(22-6-2)23-16-19-9-8-15-25-20(19)18-12-10-17(3)11-13-18/h10-13,19-20H,5-9,14-16H2,1-4H3,(H,22,23). The van der Waals surface area contributed by atoms with Crippen molar-refractivity contribution in [2.45, 2.75) is 52.6 Å². The van der Waals surface area contributed by atoms with Crippen LogP contribution in [0.4, 0.5) is 0 Å². The number of hydrogen-bond acceptors (Lipinski definition) is 2. The Labute approximate surface area is 153 Å². The summed E-state index contributed by atoms with van der Waals surface area (Å²) in [5, 5.41) is 3.43. The lowest BCUT2D eigenvalue weighted by molar-refractivity contribution is -0.0250. The van der Waals surface area contributed by atoms with E-state index in [0.717, 1.165) is 38.6 Å². The SMILES string of the molecule is CCCCN(C)C(=NCC1CCCOC1c1ccc(C)cc1)NCC. The Kier molecular flexibility index (Phi) is 8.26. The molecule has 1 saturated heterocycles. The Morgan fingerprint density at radius 2 is 2.04 bits per heavy atom. The van der Waals surface area contributed by atoms with E-state index in [1.807, 2.05) is 0 Å². The van der Waals surface area contributed by atoms with Gasteiger partial charge in [0.15, 0.2) is 5.96 Å². The summed E-state index contributed by atoms with van der Waals surface area (Å²) in [6.45, 7) is 10.1. The molecule has 0 spiro atoms. The maximum atomic E-state index is 6.13. The molecule has 1 aliphatic rings. The molecule has 2 atom stereocenters. The van der Waals surface area contributed by atoms with Gasteiger partial charge in [-0.25, -0.2) is 0 Å². The zero-order valence-electron chi connectivity index (χ0n) is 16.4. The molecule has 0 saturated carbocycles. The van der Waals surface area contributed by atoms with Crippen LogP contribution >= 0.6 is 0 Å². The molecule has 140 valence electrons. The quantitative estimate of drug-likeness (QED) is 0.595. The summed E-state index contributed by atoms with van der Waals surface area (Å²) < 4.78 is 6.13. The first-order valence-corrected chi connectivity index (χ1v) is 9.83. The van der Waals surface area contributed by atoms with Crippen LogP contribution in [-0.2, 0) is 4.74 Å². The molecule has 0 radical (unpaired) electrons. The second-order valence-corrected chi connectivity index (χ2v) is 7.07. The van der Waals surface area contributed by atoms with Crippen LogP contribution in [0, 0.1) is 12.8 Å². The highest BCUT2D eigenvalue weighted by Gasteiger charge is 2.27. The fraction of sp³-hybridized carbons (Fsp3) is 0.667. The monoisotopic (exact) mass is 345 g/mol. The highest BCUT2D eigenvalue weighted by atomic mass is 16.5. The van der Waals surface area contributed by atoms with Gasteiger partial charge in [0, 0.05) is 39.2 Å². The average Bonchev–Trinajstić information content (AvgIpc) is 2.64. The normalized spacial score (nSPS) is 21.2. The second-order valence-electron chi connectivity index (χ2n) is 7.07. The average molecular weight is 346 g/mol. The van der Waals surface area contributed by atoms with E-state index >= 15 is 0 Å². The van der Waals surface area contributed by atoms with Crippen molar-refractivity contribution in [1.29, 1.82) is 0 Å². The first kappa shape index (κ1) is 19.8. The number of benzene rings is 1. The molecule has 1 aromatic carbocycles. The molecule has 0 amide bonds. The number of aryl methyl sites for hydroxylation is 1. The first-order valence-electron chi connectivity index (χ1n) is 9.83.